The maximum Gasteiger partial charge on any atom is 0.203 e. The molecule has 1 heterocycles. The highest BCUT2D eigenvalue weighted by Gasteiger charge is 2.03. The summed E-state index contributed by atoms with van der Waals surface area (Å²) in [4.78, 5) is 0. The van der Waals surface area contributed by atoms with E-state index < -0.39 is 0 Å². The lowest BCUT2D eigenvalue weighted by Gasteiger charge is -2.07. The molecule has 0 spiro atoms. The summed E-state index contributed by atoms with van der Waals surface area (Å²) in [5.74, 6) is 1.83. The van der Waals surface area contributed by atoms with E-state index in [0.717, 1.165) is 21.7 Å². The van der Waals surface area contributed by atoms with E-state index in [4.69, 9.17) is 14.4 Å². The maximum atomic E-state index is 8.65. The highest BCUT2D eigenvalue weighted by Crippen LogP contribution is 2.27. The van der Waals surface area contributed by atoms with Gasteiger partial charge in [-0.2, -0.15) is 5.26 Å². The van der Waals surface area contributed by atoms with E-state index in [9.17, 15) is 0 Å². The first-order valence-electron chi connectivity index (χ1n) is 5.29. The van der Waals surface area contributed by atoms with E-state index in [0.29, 0.717) is 12.3 Å². The predicted octanol–water partition coefficient (Wildman–Crippen LogP) is 3.53. The van der Waals surface area contributed by atoms with E-state index in [-0.39, 0.29) is 0 Å². The molecule has 0 amide bonds. The highest BCUT2D eigenvalue weighted by atomic mass is 79.9. The zero-order valence-corrected chi connectivity index (χ0v) is 11.3. The maximum absolute atomic E-state index is 8.65. The summed E-state index contributed by atoms with van der Waals surface area (Å²) in [6, 6.07) is 11.1. The molecule has 0 unspecified atom stereocenters. The van der Waals surface area contributed by atoms with Crippen molar-refractivity contribution in [2.24, 2.45) is 0 Å². The van der Waals surface area contributed by atoms with Gasteiger partial charge in [0.25, 0.3) is 0 Å². The number of rotatable bonds is 4. The second-order valence-electron chi connectivity index (χ2n) is 3.58. The van der Waals surface area contributed by atoms with Crippen molar-refractivity contribution in [3.63, 3.8) is 0 Å². The predicted molar refractivity (Wildman–Crippen MR) is 71.4 cm³/mol. The fraction of sp³-hybridized carbons (Fsp3) is 0.154. The minimum Gasteiger partial charge on any atom is -0.496 e. The number of hydrogen-bond acceptors (Lipinski definition) is 4. The number of anilines is 1. The standard InChI is InChI=1S/C13H11BrN2O2/c1-17-13-5-2-9(6-12(13)14)16-8-11-4-3-10(7-15)18-11/h2-6,16H,8H2,1H3. The number of hydrogen-bond donors (Lipinski definition) is 1. The number of furan rings is 1. The van der Waals surface area contributed by atoms with Gasteiger partial charge in [0.15, 0.2) is 0 Å². The molecule has 4 nitrogen and oxygen atoms in total. The molecule has 0 saturated carbocycles. The van der Waals surface area contributed by atoms with Crippen LogP contribution in [0.1, 0.15) is 11.5 Å². The zero-order chi connectivity index (χ0) is 13.0. The van der Waals surface area contributed by atoms with Gasteiger partial charge in [0.1, 0.15) is 17.6 Å². The molecular formula is C13H11BrN2O2. The summed E-state index contributed by atoms with van der Waals surface area (Å²) in [5, 5.41) is 11.8. The average molecular weight is 307 g/mol. The molecule has 0 radical (unpaired) electrons. The third-order valence-electron chi connectivity index (χ3n) is 2.39. The molecular weight excluding hydrogens is 296 g/mol. The summed E-state index contributed by atoms with van der Waals surface area (Å²) < 4.78 is 11.3. The summed E-state index contributed by atoms with van der Waals surface area (Å²) in [5.41, 5.74) is 0.942. The molecule has 1 aromatic heterocycles. The van der Waals surface area contributed by atoms with Gasteiger partial charge in [0, 0.05) is 5.69 Å². The Morgan fingerprint density at radius 1 is 1.39 bits per heavy atom. The molecule has 1 aromatic carbocycles. The van der Waals surface area contributed by atoms with Crippen molar-refractivity contribution < 1.29 is 9.15 Å². The summed E-state index contributed by atoms with van der Waals surface area (Å²) >= 11 is 3.42. The fourth-order valence-electron chi connectivity index (χ4n) is 1.50. The van der Waals surface area contributed by atoms with Crippen LogP contribution in [-0.4, -0.2) is 7.11 Å². The normalized spacial score (nSPS) is 9.83. The van der Waals surface area contributed by atoms with Gasteiger partial charge in [-0.25, -0.2) is 0 Å². The summed E-state index contributed by atoms with van der Waals surface area (Å²) in [6.07, 6.45) is 0. The Bertz CT molecular complexity index is 587. The van der Waals surface area contributed by atoms with Crippen LogP contribution < -0.4 is 10.1 Å². The topological polar surface area (TPSA) is 58.2 Å². The number of nitrogens with zero attached hydrogens (tertiary/aromatic N) is 1. The van der Waals surface area contributed by atoms with Gasteiger partial charge in [0.2, 0.25) is 5.76 Å². The van der Waals surface area contributed by atoms with Crippen molar-refractivity contribution in [3.8, 4) is 11.8 Å². The number of halogens is 1. The lowest BCUT2D eigenvalue weighted by atomic mass is 10.3. The smallest absolute Gasteiger partial charge is 0.203 e. The highest BCUT2D eigenvalue weighted by molar-refractivity contribution is 9.10. The first-order valence-corrected chi connectivity index (χ1v) is 6.08. The van der Waals surface area contributed by atoms with Crippen LogP contribution in [0, 0.1) is 11.3 Å². The molecule has 5 heteroatoms. The Morgan fingerprint density at radius 3 is 2.83 bits per heavy atom. The van der Waals surface area contributed by atoms with E-state index in [1.54, 1.807) is 19.2 Å². The fourth-order valence-corrected chi connectivity index (χ4v) is 2.04. The molecule has 0 fully saturated rings. The van der Waals surface area contributed by atoms with Crippen LogP contribution in [0.4, 0.5) is 5.69 Å². The second kappa shape index (κ2) is 5.61. The Morgan fingerprint density at radius 2 is 2.22 bits per heavy atom. The number of ether oxygens (including phenoxy) is 1. The average Bonchev–Trinajstić information content (AvgIpc) is 2.84. The molecule has 18 heavy (non-hydrogen) atoms. The van der Waals surface area contributed by atoms with Crippen LogP contribution in [0.3, 0.4) is 0 Å². The van der Waals surface area contributed by atoms with Gasteiger partial charge in [0.05, 0.1) is 18.1 Å². The molecule has 0 aliphatic rings. The van der Waals surface area contributed by atoms with Gasteiger partial charge < -0.3 is 14.5 Å². The van der Waals surface area contributed by atoms with Crippen molar-refractivity contribution in [3.05, 3.63) is 46.3 Å². The minimum atomic E-state index is 0.322. The Labute approximate surface area is 113 Å². The van der Waals surface area contributed by atoms with Crippen molar-refractivity contribution in [1.29, 1.82) is 5.26 Å². The summed E-state index contributed by atoms with van der Waals surface area (Å²) in [6.45, 7) is 0.528. The summed E-state index contributed by atoms with van der Waals surface area (Å²) in [7, 11) is 1.62. The van der Waals surface area contributed by atoms with Crippen molar-refractivity contribution in [2.45, 2.75) is 6.54 Å². The first-order chi connectivity index (χ1) is 8.72. The van der Waals surface area contributed by atoms with Crippen molar-refractivity contribution in [2.75, 3.05) is 12.4 Å². The van der Waals surface area contributed by atoms with E-state index in [1.165, 1.54) is 0 Å². The molecule has 2 rings (SSSR count). The lowest BCUT2D eigenvalue weighted by molar-refractivity contribution is 0.412. The lowest BCUT2D eigenvalue weighted by Crippen LogP contribution is -1.98. The molecule has 0 aliphatic heterocycles. The molecule has 0 aliphatic carbocycles. The van der Waals surface area contributed by atoms with E-state index in [2.05, 4.69) is 21.2 Å². The minimum absolute atomic E-state index is 0.322. The molecule has 0 bridgehead atoms. The molecule has 1 N–H and O–H groups in total. The molecule has 92 valence electrons. The van der Waals surface area contributed by atoms with Crippen LogP contribution in [0.25, 0.3) is 0 Å². The third kappa shape index (κ3) is 2.84. The van der Waals surface area contributed by atoms with Gasteiger partial charge >= 0.3 is 0 Å². The van der Waals surface area contributed by atoms with E-state index >= 15 is 0 Å². The van der Waals surface area contributed by atoms with Crippen LogP contribution in [0.5, 0.6) is 5.75 Å². The Hall–Kier alpha value is -1.93. The largest absolute Gasteiger partial charge is 0.496 e. The zero-order valence-electron chi connectivity index (χ0n) is 9.74. The Balaban J connectivity index is 2.02. The second-order valence-corrected chi connectivity index (χ2v) is 4.43. The number of nitrogens with one attached hydrogen (secondary N) is 1. The van der Waals surface area contributed by atoms with Crippen LogP contribution >= 0.6 is 15.9 Å². The van der Waals surface area contributed by atoms with Crippen molar-refractivity contribution in [1.82, 2.24) is 0 Å². The van der Waals surface area contributed by atoms with Gasteiger partial charge in [-0.1, -0.05) is 0 Å². The Kier molecular flexibility index (Phi) is 3.90. The van der Waals surface area contributed by atoms with E-state index in [1.807, 2.05) is 24.3 Å². The van der Waals surface area contributed by atoms with Crippen molar-refractivity contribution >= 4 is 21.6 Å². The van der Waals surface area contributed by atoms with Gasteiger partial charge in [-0.05, 0) is 46.3 Å². The quantitative estimate of drug-likeness (QED) is 0.938. The number of methoxy groups -OCH3 is 1. The molecule has 0 saturated heterocycles. The van der Waals surface area contributed by atoms with Crippen LogP contribution in [0.2, 0.25) is 0 Å². The van der Waals surface area contributed by atoms with Crippen LogP contribution in [-0.2, 0) is 6.54 Å². The van der Waals surface area contributed by atoms with Gasteiger partial charge in [-0.3, -0.25) is 0 Å². The SMILES string of the molecule is COc1ccc(NCc2ccc(C#N)o2)cc1Br. The number of benzene rings is 1. The third-order valence-corrected chi connectivity index (χ3v) is 3.01. The monoisotopic (exact) mass is 306 g/mol. The molecule has 2 aromatic rings. The van der Waals surface area contributed by atoms with Gasteiger partial charge in [-0.15, -0.1) is 0 Å². The number of nitriles is 1. The van der Waals surface area contributed by atoms with Crippen LogP contribution in [0.15, 0.2) is 39.2 Å². The first kappa shape index (κ1) is 12.5. The molecule has 0 atom stereocenters.